The molecule has 1 amide bonds. The van der Waals surface area contributed by atoms with Crippen molar-refractivity contribution in [3.05, 3.63) is 36.2 Å². The van der Waals surface area contributed by atoms with Crippen LogP contribution in [0, 0.1) is 0 Å². The minimum absolute atomic E-state index is 0. The molecular formula is C20H27IN6O3. The SMILES string of the molecule is CN=C(NCc1ccc2c(c1)OCCCO2)N1CCN(c2cnn(C)c2)C(=O)C1.I. The van der Waals surface area contributed by atoms with Crippen molar-refractivity contribution in [2.45, 2.75) is 13.0 Å². The van der Waals surface area contributed by atoms with Crippen LogP contribution in [-0.4, -0.2) is 66.4 Å². The second-order valence-electron chi connectivity index (χ2n) is 7.07. The molecule has 0 bridgehead atoms. The Morgan fingerprint density at radius 1 is 1.23 bits per heavy atom. The molecule has 2 aliphatic heterocycles. The highest BCUT2D eigenvalue weighted by atomic mass is 127. The van der Waals surface area contributed by atoms with E-state index in [-0.39, 0.29) is 36.4 Å². The highest BCUT2D eigenvalue weighted by Crippen LogP contribution is 2.30. The van der Waals surface area contributed by atoms with Gasteiger partial charge < -0.3 is 24.6 Å². The lowest BCUT2D eigenvalue weighted by Gasteiger charge is -2.35. The number of rotatable bonds is 3. The average molecular weight is 526 g/mol. The summed E-state index contributed by atoms with van der Waals surface area (Å²) in [4.78, 5) is 20.7. The van der Waals surface area contributed by atoms with E-state index in [4.69, 9.17) is 9.47 Å². The number of hydrogen-bond acceptors (Lipinski definition) is 5. The number of nitrogens with one attached hydrogen (secondary N) is 1. The summed E-state index contributed by atoms with van der Waals surface area (Å²) >= 11 is 0. The van der Waals surface area contributed by atoms with Gasteiger partial charge in [0.2, 0.25) is 5.91 Å². The first-order valence-corrected chi connectivity index (χ1v) is 9.77. The van der Waals surface area contributed by atoms with Gasteiger partial charge in [0.15, 0.2) is 17.5 Å². The molecule has 0 spiro atoms. The first-order chi connectivity index (χ1) is 14.1. The van der Waals surface area contributed by atoms with Crippen molar-refractivity contribution in [1.82, 2.24) is 20.0 Å². The first kappa shape index (κ1) is 22.2. The summed E-state index contributed by atoms with van der Waals surface area (Å²) in [5.74, 6) is 2.30. The van der Waals surface area contributed by atoms with Crippen LogP contribution >= 0.6 is 24.0 Å². The molecule has 1 aromatic carbocycles. The van der Waals surface area contributed by atoms with Crippen molar-refractivity contribution in [2.75, 3.05) is 44.8 Å². The molecule has 0 atom stereocenters. The number of benzene rings is 1. The van der Waals surface area contributed by atoms with Crippen molar-refractivity contribution in [3.8, 4) is 11.5 Å². The second kappa shape index (κ2) is 10.0. The van der Waals surface area contributed by atoms with E-state index in [9.17, 15) is 4.79 Å². The lowest BCUT2D eigenvalue weighted by molar-refractivity contribution is -0.120. The number of carbonyl (C=O) groups is 1. The number of fused-ring (bicyclic) bond motifs is 1. The Labute approximate surface area is 193 Å². The Bertz CT molecular complexity index is 916. The number of carbonyl (C=O) groups excluding carboxylic acids is 1. The van der Waals surface area contributed by atoms with Gasteiger partial charge >= 0.3 is 0 Å². The van der Waals surface area contributed by atoms with Crippen molar-refractivity contribution >= 4 is 41.5 Å². The Kier molecular flexibility index (Phi) is 7.40. The van der Waals surface area contributed by atoms with Crippen molar-refractivity contribution in [1.29, 1.82) is 0 Å². The first-order valence-electron chi connectivity index (χ1n) is 9.77. The second-order valence-corrected chi connectivity index (χ2v) is 7.07. The van der Waals surface area contributed by atoms with E-state index in [0.717, 1.165) is 29.2 Å². The third-order valence-electron chi connectivity index (χ3n) is 5.00. The van der Waals surface area contributed by atoms with Gasteiger partial charge in [-0.15, -0.1) is 24.0 Å². The molecule has 1 N–H and O–H groups in total. The van der Waals surface area contributed by atoms with Gasteiger partial charge in [0, 0.05) is 46.3 Å². The summed E-state index contributed by atoms with van der Waals surface area (Å²) in [6.45, 7) is 3.48. The molecular weight excluding hydrogens is 499 g/mol. The Hall–Kier alpha value is -2.50. The quantitative estimate of drug-likeness (QED) is 0.372. The maximum atomic E-state index is 12.6. The number of halogens is 1. The van der Waals surface area contributed by atoms with Gasteiger partial charge in [-0.1, -0.05) is 6.07 Å². The topological polar surface area (TPSA) is 84.2 Å². The minimum Gasteiger partial charge on any atom is -0.490 e. The zero-order chi connectivity index (χ0) is 20.2. The highest BCUT2D eigenvalue weighted by molar-refractivity contribution is 14.0. The number of ether oxygens (including phenoxy) is 2. The summed E-state index contributed by atoms with van der Waals surface area (Å²) in [6.07, 6.45) is 4.45. The summed E-state index contributed by atoms with van der Waals surface area (Å²) < 4.78 is 13.1. The summed E-state index contributed by atoms with van der Waals surface area (Å²) in [5.41, 5.74) is 1.89. The number of aryl methyl sites for hydroxylation is 1. The fraction of sp³-hybridized carbons (Fsp3) is 0.450. The molecule has 0 unspecified atom stereocenters. The Morgan fingerprint density at radius 2 is 2.03 bits per heavy atom. The van der Waals surface area contributed by atoms with Gasteiger partial charge in [0.05, 0.1) is 25.1 Å². The van der Waals surface area contributed by atoms with Gasteiger partial charge in [-0.2, -0.15) is 5.10 Å². The molecule has 162 valence electrons. The van der Waals surface area contributed by atoms with Gasteiger partial charge in [-0.25, -0.2) is 0 Å². The normalized spacial score (nSPS) is 16.7. The van der Waals surface area contributed by atoms with E-state index < -0.39 is 0 Å². The van der Waals surface area contributed by atoms with Gasteiger partial charge in [-0.05, 0) is 17.7 Å². The lowest BCUT2D eigenvalue weighted by atomic mass is 10.2. The lowest BCUT2D eigenvalue weighted by Crippen LogP contribution is -2.55. The average Bonchev–Trinajstić information content (AvgIpc) is 3.01. The standard InChI is InChI=1S/C20H26N6O3.HI/c1-21-20(22-11-15-4-5-17-18(10-15)29-9-3-8-28-17)25-6-7-26(19(27)14-25)16-12-23-24(2)13-16;/h4-5,10,12-13H,3,6-9,11,14H2,1-2H3,(H,21,22);1H. The predicted molar refractivity (Wildman–Crippen MR) is 125 cm³/mol. The molecule has 1 aromatic heterocycles. The van der Waals surface area contributed by atoms with Crippen LogP contribution in [-0.2, 0) is 18.4 Å². The van der Waals surface area contributed by atoms with Crippen molar-refractivity contribution < 1.29 is 14.3 Å². The molecule has 2 aliphatic rings. The van der Waals surface area contributed by atoms with E-state index >= 15 is 0 Å². The van der Waals surface area contributed by atoms with Crippen LogP contribution in [0.2, 0.25) is 0 Å². The van der Waals surface area contributed by atoms with E-state index in [1.165, 1.54) is 0 Å². The number of guanidine groups is 1. The molecule has 4 rings (SSSR count). The number of piperazine rings is 1. The molecule has 0 aliphatic carbocycles. The predicted octanol–water partition coefficient (Wildman–Crippen LogP) is 1.62. The van der Waals surface area contributed by atoms with Gasteiger partial charge in [0.1, 0.15) is 6.54 Å². The van der Waals surface area contributed by atoms with Crippen LogP contribution in [0.1, 0.15) is 12.0 Å². The smallest absolute Gasteiger partial charge is 0.246 e. The number of nitrogens with zero attached hydrogens (tertiary/aromatic N) is 5. The summed E-state index contributed by atoms with van der Waals surface area (Å²) in [5, 5.41) is 7.50. The third-order valence-corrected chi connectivity index (χ3v) is 5.00. The zero-order valence-corrected chi connectivity index (χ0v) is 19.5. The molecule has 10 heteroatoms. The summed E-state index contributed by atoms with van der Waals surface area (Å²) in [7, 11) is 3.57. The molecule has 1 fully saturated rings. The molecule has 2 aromatic rings. The molecule has 1 saturated heterocycles. The van der Waals surface area contributed by atoms with Crippen LogP contribution in [0.25, 0.3) is 0 Å². The van der Waals surface area contributed by atoms with Crippen LogP contribution < -0.4 is 19.7 Å². The zero-order valence-electron chi connectivity index (χ0n) is 17.2. The van der Waals surface area contributed by atoms with Gasteiger partial charge in [-0.3, -0.25) is 14.5 Å². The number of amides is 1. The number of hydrogen-bond donors (Lipinski definition) is 1. The van der Waals surface area contributed by atoms with Crippen molar-refractivity contribution in [2.24, 2.45) is 12.0 Å². The van der Waals surface area contributed by atoms with E-state index in [2.05, 4.69) is 15.4 Å². The molecule has 9 nitrogen and oxygen atoms in total. The van der Waals surface area contributed by atoms with Crippen LogP contribution in [0.5, 0.6) is 11.5 Å². The van der Waals surface area contributed by atoms with Crippen LogP contribution in [0.15, 0.2) is 35.6 Å². The van der Waals surface area contributed by atoms with Crippen LogP contribution in [0.4, 0.5) is 5.69 Å². The Balaban J connectivity index is 0.00000256. The number of aliphatic imine (C=N–C) groups is 1. The highest BCUT2D eigenvalue weighted by Gasteiger charge is 2.27. The van der Waals surface area contributed by atoms with Gasteiger partial charge in [0.25, 0.3) is 0 Å². The number of anilines is 1. The molecule has 3 heterocycles. The van der Waals surface area contributed by atoms with E-state index in [1.54, 1.807) is 22.8 Å². The van der Waals surface area contributed by atoms with Crippen LogP contribution in [0.3, 0.4) is 0 Å². The third kappa shape index (κ3) is 4.97. The monoisotopic (exact) mass is 526 g/mol. The van der Waals surface area contributed by atoms with E-state index in [1.807, 2.05) is 36.3 Å². The molecule has 0 radical (unpaired) electrons. The molecule has 30 heavy (non-hydrogen) atoms. The van der Waals surface area contributed by atoms with E-state index in [0.29, 0.717) is 38.8 Å². The fourth-order valence-electron chi connectivity index (χ4n) is 3.51. The fourth-order valence-corrected chi connectivity index (χ4v) is 3.51. The maximum absolute atomic E-state index is 12.6. The largest absolute Gasteiger partial charge is 0.490 e. The number of aromatic nitrogens is 2. The minimum atomic E-state index is 0. The Morgan fingerprint density at radius 3 is 2.73 bits per heavy atom. The van der Waals surface area contributed by atoms with Crippen molar-refractivity contribution in [3.63, 3.8) is 0 Å². The summed E-state index contributed by atoms with van der Waals surface area (Å²) in [6, 6.07) is 5.95. The molecule has 0 saturated carbocycles. The maximum Gasteiger partial charge on any atom is 0.246 e.